The van der Waals surface area contributed by atoms with Crippen molar-refractivity contribution in [3.05, 3.63) is 71.9 Å². The number of nitrogens with one attached hydrogen (secondary N) is 2. The minimum Gasteiger partial charge on any atom is -0.445 e. The Hall–Kier alpha value is -3.32. The zero-order valence-corrected chi connectivity index (χ0v) is 17.3. The van der Waals surface area contributed by atoms with Crippen LogP contribution in [0.1, 0.15) is 24.0 Å². The fourth-order valence-electron chi connectivity index (χ4n) is 4.08. The molecule has 0 radical (unpaired) electrons. The van der Waals surface area contributed by atoms with Gasteiger partial charge in [-0.25, -0.2) is 4.79 Å². The van der Waals surface area contributed by atoms with Crippen LogP contribution in [0.3, 0.4) is 0 Å². The summed E-state index contributed by atoms with van der Waals surface area (Å²) in [6.07, 6.45) is 3.24. The van der Waals surface area contributed by atoms with Gasteiger partial charge < -0.3 is 20.1 Å². The van der Waals surface area contributed by atoms with Gasteiger partial charge in [-0.2, -0.15) is 0 Å². The molecule has 0 spiro atoms. The number of likely N-dealkylation sites (tertiary alicyclic amines) is 1. The zero-order chi connectivity index (χ0) is 21.6. The first-order chi connectivity index (χ1) is 15.2. The van der Waals surface area contributed by atoms with E-state index in [0.29, 0.717) is 19.4 Å². The second-order valence-electron chi connectivity index (χ2n) is 7.84. The van der Waals surface area contributed by atoms with Crippen LogP contribution in [0.2, 0.25) is 0 Å². The maximum Gasteiger partial charge on any atom is 0.410 e. The smallest absolute Gasteiger partial charge is 0.410 e. The summed E-state index contributed by atoms with van der Waals surface area (Å²) in [6, 6.07) is 16.4. The molecule has 0 unspecified atom stereocenters. The number of aliphatic hydroxyl groups excluding tert-OH is 1. The summed E-state index contributed by atoms with van der Waals surface area (Å²) in [5.74, 6) is -0.256. The lowest BCUT2D eigenvalue weighted by Gasteiger charge is -2.25. The van der Waals surface area contributed by atoms with E-state index in [4.69, 9.17) is 4.74 Å². The molecule has 2 heterocycles. The molecule has 7 nitrogen and oxygen atoms in total. The highest BCUT2D eigenvalue weighted by Gasteiger charge is 2.35. The van der Waals surface area contributed by atoms with Gasteiger partial charge in [0.1, 0.15) is 12.6 Å². The number of benzene rings is 2. The molecular weight excluding hydrogens is 394 g/mol. The second kappa shape index (κ2) is 9.66. The third-order valence-corrected chi connectivity index (χ3v) is 5.70. The molecule has 1 aromatic heterocycles. The number of carbonyl (C=O) groups excluding carboxylic acids is 2. The number of hydrogen-bond acceptors (Lipinski definition) is 4. The molecule has 1 saturated heterocycles. The fraction of sp³-hybridized carbons (Fsp3) is 0.333. The van der Waals surface area contributed by atoms with Gasteiger partial charge in [0.25, 0.3) is 0 Å². The highest BCUT2D eigenvalue weighted by atomic mass is 16.6. The molecule has 31 heavy (non-hydrogen) atoms. The SMILES string of the molecule is O=C(N[C@@H](CO)Cc1c[nH]c2ccccc12)[C@H]1CCCN1C(=O)OCc1ccccc1. The van der Waals surface area contributed by atoms with Crippen molar-refractivity contribution in [2.45, 2.75) is 38.0 Å². The van der Waals surface area contributed by atoms with Gasteiger partial charge >= 0.3 is 6.09 Å². The van der Waals surface area contributed by atoms with Crippen molar-refractivity contribution >= 4 is 22.9 Å². The van der Waals surface area contributed by atoms with Gasteiger partial charge in [0.2, 0.25) is 5.91 Å². The van der Waals surface area contributed by atoms with Gasteiger partial charge in [0.15, 0.2) is 0 Å². The van der Waals surface area contributed by atoms with E-state index in [1.54, 1.807) is 0 Å². The Bertz CT molecular complexity index is 1030. The van der Waals surface area contributed by atoms with E-state index in [-0.39, 0.29) is 19.1 Å². The Morgan fingerprint density at radius 1 is 1.16 bits per heavy atom. The van der Waals surface area contributed by atoms with Crippen LogP contribution in [0.5, 0.6) is 0 Å². The normalized spacial score (nSPS) is 16.9. The first-order valence-corrected chi connectivity index (χ1v) is 10.6. The standard InChI is InChI=1S/C24H27N3O4/c28-15-19(13-18-14-25-21-10-5-4-9-20(18)21)26-23(29)22-11-6-12-27(22)24(30)31-16-17-7-2-1-3-8-17/h1-5,7-10,14,19,22,25,28H,6,11-13,15-16H2,(H,26,29)/t19-,22-/m1/s1. The number of aromatic nitrogens is 1. The number of aromatic amines is 1. The predicted molar refractivity (Wildman–Crippen MR) is 117 cm³/mol. The van der Waals surface area contributed by atoms with E-state index in [9.17, 15) is 14.7 Å². The number of para-hydroxylation sites is 1. The van der Waals surface area contributed by atoms with Crippen molar-refractivity contribution in [3.63, 3.8) is 0 Å². The molecule has 7 heteroatoms. The Labute approximate surface area is 181 Å². The number of H-pyrrole nitrogens is 1. The number of nitrogens with zero attached hydrogens (tertiary/aromatic N) is 1. The van der Waals surface area contributed by atoms with Crippen LogP contribution >= 0.6 is 0 Å². The second-order valence-corrected chi connectivity index (χ2v) is 7.84. The van der Waals surface area contributed by atoms with Crippen LogP contribution in [0.15, 0.2) is 60.8 Å². The van der Waals surface area contributed by atoms with E-state index in [0.717, 1.165) is 28.5 Å². The van der Waals surface area contributed by atoms with Crippen LogP contribution < -0.4 is 5.32 Å². The summed E-state index contributed by atoms with van der Waals surface area (Å²) in [4.78, 5) is 30.2. The predicted octanol–water partition coefficient (Wildman–Crippen LogP) is 2.99. The molecule has 2 amide bonds. The van der Waals surface area contributed by atoms with Crippen LogP contribution in [0.4, 0.5) is 4.79 Å². The summed E-state index contributed by atoms with van der Waals surface area (Å²) in [6.45, 7) is 0.471. The molecule has 3 aromatic rings. The molecule has 0 saturated carbocycles. The maximum absolute atomic E-state index is 12.9. The summed E-state index contributed by atoms with van der Waals surface area (Å²) in [7, 11) is 0. The van der Waals surface area contributed by atoms with Crippen molar-refractivity contribution in [2.75, 3.05) is 13.2 Å². The minimum atomic E-state index is -0.583. The van der Waals surface area contributed by atoms with E-state index < -0.39 is 18.2 Å². The van der Waals surface area contributed by atoms with Crippen LogP contribution in [-0.2, 0) is 22.6 Å². The van der Waals surface area contributed by atoms with Crippen LogP contribution in [-0.4, -0.2) is 52.2 Å². The maximum atomic E-state index is 12.9. The average Bonchev–Trinajstić information content (AvgIpc) is 3.45. The Morgan fingerprint density at radius 2 is 1.94 bits per heavy atom. The number of aliphatic hydroxyl groups is 1. The number of amides is 2. The third kappa shape index (κ3) is 4.88. The lowest BCUT2D eigenvalue weighted by atomic mass is 10.0. The number of fused-ring (bicyclic) bond motifs is 1. The van der Waals surface area contributed by atoms with Crippen LogP contribution in [0, 0.1) is 0 Å². The van der Waals surface area contributed by atoms with E-state index in [1.807, 2.05) is 60.8 Å². The van der Waals surface area contributed by atoms with Gasteiger partial charge in [0.05, 0.1) is 12.6 Å². The van der Waals surface area contributed by atoms with E-state index in [2.05, 4.69) is 10.3 Å². The molecule has 1 fully saturated rings. The van der Waals surface area contributed by atoms with Gasteiger partial charge in [-0.05, 0) is 36.5 Å². The van der Waals surface area contributed by atoms with E-state index in [1.165, 1.54) is 4.90 Å². The van der Waals surface area contributed by atoms with Crippen molar-refractivity contribution < 1.29 is 19.4 Å². The highest BCUT2D eigenvalue weighted by Crippen LogP contribution is 2.21. The fourth-order valence-corrected chi connectivity index (χ4v) is 4.08. The van der Waals surface area contributed by atoms with Gasteiger partial charge in [0, 0.05) is 23.6 Å². The summed E-state index contributed by atoms with van der Waals surface area (Å²) < 4.78 is 5.41. The van der Waals surface area contributed by atoms with Crippen molar-refractivity contribution in [2.24, 2.45) is 0 Å². The number of hydrogen-bond donors (Lipinski definition) is 3. The molecular formula is C24H27N3O4. The van der Waals surface area contributed by atoms with Gasteiger partial charge in [-0.3, -0.25) is 9.69 Å². The zero-order valence-electron chi connectivity index (χ0n) is 17.3. The molecule has 162 valence electrons. The molecule has 2 aromatic carbocycles. The summed E-state index contributed by atoms with van der Waals surface area (Å²) >= 11 is 0. The molecule has 1 aliphatic heterocycles. The lowest BCUT2D eigenvalue weighted by molar-refractivity contribution is -0.126. The van der Waals surface area contributed by atoms with Gasteiger partial charge in [-0.1, -0.05) is 48.5 Å². The molecule has 0 bridgehead atoms. The monoisotopic (exact) mass is 421 g/mol. The quantitative estimate of drug-likeness (QED) is 0.547. The molecule has 4 rings (SSSR count). The largest absolute Gasteiger partial charge is 0.445 e. The Balaban J connectivity index is 1.36. The number of carbonyl (C=O) groups is 2. The average molecular weight is 421 g/mol. The van der Waals surface area contributed by atoms with Crippen molar-refractivity contribution in [1.82, 2.24) is 15.2 Å². The highest BCUT2D eigenvalue weighted by molar-refractivity contribution is 5.87. The van der Waals surface area contributed by atoms with Crippen LogP contribution in [0.25, 0.3) is 10.9 Å². The Morgan fingerprint density at radius 3 is 2.74 bits per heavy atom. The summed E-state index contributed by atoms with van der Waals surface area (Å²) in [5.41, 5.74) is 2.94. The molecule has 0 aliphatic carbocycles. The Kier molecular flexibility index (Phi) is 6.52. The van der Waals surface area contributed by atoms with Crippen molar-refractivity contribution in [1.29, 1.82) is 0 Å². The minimum absolute atomic E-state index is 0.171. The number of ether oxygens (including phenoxy) is 1. The molecule has 1 aliphatic rings. The topological polar surface area (TPSA) is 94.7 Å². The number of rotatable bonds is 7. The molecule has 3 N–H and O–H groups in total. The summed E-state index contributed by atoms with van der Waals surface area (Å²) in [5, 5.41) is 13.8. The van der Waals surface area contributed by atoms with Crippen molar-refractivity contribution in [3.8, 4) is 0 Å². The first kappa shape index (κ1) is 20.9. The van der Waals surface area contributed by atoms with Gasteiger partial charge in [-0.15, -0.1) is 0 Å². The first-order valence-electron chi connectivity index (χ1n) is 10.6. The molecule has 2 atom stereocenters. The van der Waals surface area contributed by atoms with E-state index >= 15 is 0 Å². The lowest BCUT2D eigenvalue weighted by Crippen LogP contribution is -2.50. The third-order valence-electron chi connectivity index (χ3n) is 5.70.